The highest BCUT2D eigenvalue weighted by Crippen LogP contribution is 2.32. The number of hydrogen-bond acceptors (Lipinski definition) is 3. The van der Waals surface area contributed by atoms with Crippen LogP contribution in [0.4, 0.5) is 0 Å². The van der Waals surface area contributed by atoms with E-state index in [0.29, 0.717) is 16.9 Å². The van der Waals surface area contributed by atoms with E-state index in [1.807, 2.05) is 6.92 Å². The van der Waals surface area contributed by atoms with E-state index in [1.54, 1.807) is 30.5 Å². The largest absolute Gasteiger partial charge is 0.485 e. The standard InChI is InChI=1S/C15H16O4/c1-3-11(4-2)19-15-10(9-14(16)17)5-6-13-12(15)7-8-18-13/h3,5-8,11H,1,4,9H2,2H3,(H,16,17). The molecule has 0 radical (unpaired) electrons. The first-order valence-electron chi connectivity index (χ1n) is 6.15. The molecule has 0 saturated heterocycles. The third-order valence-corrected chi connectivity index (χ3v) is 2.94. The first-order chi connectivity index (χ1) is 9.15. The van der Waals surface area contributed by atoms with Gasteiger partial charge in [0.05, 0.1) is 18.1 Å². The molecular weight excluding hydrogens is 244 g/mol. The first kappa shape index (κ1) is 13.2. The molecule has 1 aromatic carbocycles. The topological polar surface area (TPSA) is 59.7 Å². The van der Waals surface area contributed by atoms with Gasteiger partial charge in [-0.2, -0.15) is 0 Å². The Morgan fingerprint density at radius 1 is 1.53 bits per heavy atom. The van der Waals surface area contributed by atoms with Gasteiger partial charge in [-0.25, -0.2) is 0 Å². The molecule has 1 aromatic heterocycles. The van der Waals surface area contributed by atoms with Gasteiger partial charge in [0.2, 0.25) is 0 Å². The Morgan fingerprint density at radius 3 is 2.95 bits per heavy atom. The summed E-state index contributed by atoms with van der Waals surface area (Å²) >= 11 is 0. The van der Waals surface area contributed by atoms with E-state index in [-0.39, 0.29) is 12.5 Å². The number of aliphatic carboxylic acids is 1. The lowest BCUT2D eigenvalue weighted by Gasteiger charge is -2.17. The summed E-state index contributed by atoms with van der Waals surface area (Å²) in [6.07, 6.45) is 3.82. The molecule has 0 saturated carbocycles. The van der Waals surface area contributed by atoms with Crippen molar-refractivity contribution in [3.05, 3.63) is 42.7 Å². The van der Waals surface area contributed by atoms with Crippen LogP contribution >= 0.6 is 0 Å². The van der Waals surface area contributed by atoms with Crippen LogP contribution in [0.5, 0.6) is 5.75 Å². The van der Waals surface area contributed by atoms with Gasteiger partial charge >= 0.3 is 5.97 Å². The number of fused-ring (bicyclic) bond motifs is 1. The smallest absolute Gasteiger partial charge is 0.307 e. The molecule has 4 nitrogen and oxygen atoms in total. The normalized spacial score (nSPS) is 12.3. The van der Waals surface area contributed by atoms with Crippen LogP contribution in [0.25, 0.3) is 11.0 Å². The SMILES string of the molecule is C=CC(CC)Oc1c(CC(=O)O)ccc2occc12. The van der Waals surface area contributed by atoms with E-state index in [4.69, 9.17) is 14.3 Å². The summed E-state index contributed by atoms with van der Waals surface area (Å²) in [5, 5.41) is 9.75. The Labute approximate surface area is 111 Å². The van der Waals surface area contributed by atoms with Crippen molar-refractivity contribution in [2.24, 2.45) is 0 Å². The predicted molar refractivity (Wildman–Crippen MR) is 72.5 cm³/mol. The number of ether oxygens (including phenoxy) is 1. The molecule has 100 valence electrons. The molecule has 0 bridgehead atoms. The van der Waals surface area contributed by atoms with E-state index in [1.165, 1.54) is 0 Å². The highest BCUT2D eigenvalue weighted by molar-refractivity contribution is 5.87. The molecule has 4 heteroatoms. The van der Waals surface area contributed by atoms with Crippen LogP contribution in [-0.4, -0.2) is 17.2 Å². The van der Waals surface area contributed by atoms with E-state index < -0.39 is 5.97 Å². The van der Waals surface area contributed by atoms with Crippen LogP contribution in [-0.2, 0) is 11.2 Å². The van der Waals surface area contributed by atoms with E-state index in [0.717, 1.165) is 11.8 Å². The van der Waals surface area contributed by atoms with Crippen molar-refractivity contribution in [1.82, 2.24) is 0 Å². The quantitative estimate of drug-likeness (QED) is 0.808. The van der Waals surface area contributed by atoms with Gasteiger partial charge in [-0.15, -0.1) is 0 Å². The van der Waals surface area contributed by atoms with Gasteiger partial charge < -0.3 is 14.3 Å². The number of hydrogen-bond donors (Lipinski definition) is 1. The monoisotopic (exact) mass is 260 g/mol. The fourth-order valence-electron chi connectivity index (χ4n) is 1.95. The summed E-state index contributed by atoms with van der Waals surface area (Å²) < 4.78 is 11.2. The van der Waals surface area contributed by atoms with Gasteiger partial charge in [-0.05, 0) is 18.6 Å². The van der Waals surface area contributed by atoms with E-state index in [2.05, 4.69) is 6.58 Å². The van der Waals surface area contributed by atoms with Crippen molar-refractivity contribution < 1.29 is 19.1 Å². The van der Waals surface area contributed by atoms with Gasteiger partial charge in [0.1, 0.15) is 17.4 Å². The number of benzene rings is 1. The van der Waals surface area contributed by atoms with E-state index >= 15 is 0 Å². The molecule has 0 aliphatic rings. The Hall–Kier alpha value is -2.23. The second kappa shape index (κ2) is 5.61. The molecule has 2 rings (SSSR count). The summed E-state index contributed by atoms with van der Waals surface area (Å²) in [4.78, 5) is 10.9. The number of carboxylic acid groups (broad SMARTS) is 1. The molecule has 0 amide bonds. The van der Waals surface area contributed by atoms with Crippen LogP contribution in [0.1, 0.15) is 18.9 Å². The summed E-state index contributed by atoms with van der Waals surface area (Å²) in [5.41, 5.74) is 1.32. The molecule has 0 spiro atoms. The second-order valence-corrected chi connectivity index (χ2v) is 4.26. The predicted octanol–water partition coefficient (Wildman–Crippen LogP) is 3.40. The highest BCUT2D eigenvalue weighted by atomic mass is 16.5. The molecule has 19 heavy (non-hydrogen) atoms. The maximum atomic E-state index is 10.9. The average Bonchev–Trinajstić information content (AvgIpc) is 2.85. The van der Waals surface area contributed by atoms with Crippen LogP contribution in [0.2, 0.25) is 0 Å². The maximum Gasteiger partial charge on any atom is 0.307 e. The Morgan fingerprint density at radius 2 is 2.32 bits per heavy atom. The maximum absolute atomic E-state index is 10.9. The minimum absolute atomic E-state index is 0.0793. The Bertz CT molecular complexity index is 597. The molecular formula is C15H16O4. The minimum Gasteiger partial charge on any atom is -0.485 e. The van der Waals surface area contributed by atoms with Gasteiger partial charge in [0, 0.05) is 5.56 Å². The van der Waals surface area contributed by atoms with Crippen molar-refractivity contribution in [3.8, 4) is 5.75 Å². The van der Waals surface area contributed by atoms with Crippen molar-refractivity contribution in [1.29, 1.82) is 0 Å². The van der Waals surface area contributed by atoms with Gasteiger partial charge in [0.15, 0.2) is 0 Å². The van der Waals surface area contributed by atoms with Crippen molar-refractivity contribution in [3.63, 3.8) is 0 Å². The fraction of sp³-hybridized carbons (Fsp3) is 0.267. The molecule has 0 aliphatic carbocycles. The van der Waals surface area contributed by atoms with Gasteiger partial charge in [-0.1, -0.05) is 25.6 Å². The van der Waals surface area contributed by atoms with Crippen molar-refractivity contribution >= 4 is 16.9 Å². The van der Waals surface area contributed by atoms with Crippen molar-refractivity contribution in [2.75, 3.05) is 0 Å². The number of carbonyl (C=O) groups is 1. The zero-order valence-electron chi connectivity index (χ0n) is 10.8. The molecule has 1 N–H and O–H groups in total. The molecule has 1 heterocycles. The number of rotatable bonds is 6. The molecule has 0 fully saturated rings. The minimum atomic E-state index is -0.889. The third kappa shape index (κ3) is 2.78. The van der Waals surface area contributed by atoms with Crippen LogP contribution in [0.15, 0.2) is 41.5 Å². The lowest BCUT2D eigenvalue weighted by molar-refractivity contribution is -0.136. The van der Waals surface area contributed by atoms with Crippen LogP contribution in [0, 0.1) is 0 Å². The first-order valence-corrected chi connectivity index (χ1v) is 6.15. The van der Waals surface area contributed by atoms with Crippen LogP contribution in [0.3, 0.4) is 0 Å². The third-order valence-electron chi connectivity index (χ3n) is 2.94. The summed E-state index contributed by atoms with van der Waals surface area (Å²) in [5.74, 6) is -0.320. The van der Waals surface area contributed by atoms with Crippen LogP contribution < -0.4 is 4.74 Å². The Kier molecular flexibility index (Phi) is 3.90. The van der Waals surface area contributed by atoms with Crippen molar-refractivity contribution in [2.45, 2.75) is 25.9 Å². The zero-order chi connectivity index (χ0) is 13.8. The number of furan rings is 1. The molecule has 0 aliphatic heterocycles. The lowest BCUT2D eigenvalue weighted by atomic mass is 10.1. The van der Waals surface area contributed by atoms with Gasteiger partial charge in [-0.3, -0.25) is 4.79 Å². The summed E-state index contributed by atoms with van der Waals surface area (Å²) in [6.45, 7) is 5.71. The highest BCUT2D eigenvalue weighted by Gasteiger charge is 2.16. The van der Waals surface area contributed by atoms with Gasteiger partial charge in [0.25, 0.3) is 0 Å². The molecule has 1 unspecified atom stereocenters. The second-order valence-electron chi connectivity index (χ2n) is 4.26. The lowest BCUT2D eigenvalue weighted by Crippen LogP contribution is -2.14. The average molecular weight is 260 g/mol. The van der Waals surface area contributed by atoms with E-state index in [9.17, 15) is 4.79 Å². The summed E-state index contributed by atoms with van der Waals surface area (Å²) in [6, 6.07) is 5.27. The molecule has 1 atom stereocenters. The molecule has 2 aromatic rings. The Balaban J connectivity index is 2.48. The summed E-state index contributed by atoms with van der Waals surface area (Å²) in [7, 11) is 0. The zero-order valence-corrected chi connectivity index (χ0v) is 10.8. The fourth-order valence-corrected chi connectivity index (χ4v) is 1.95. The number of carboxylic acids is 1.